The summed E-state index contributed by atoms with van der Waals surface area (Å²) in [6.07, 6.45) is 1.04. The maximum Gasteiger partial charge on any atom is 0.169 e. The summed E-state index contributed by atoms with van der Waals surface area (Å²) in [6, 6.07) is 0. The molecule has 15 heavy (non-hydrogen) atoms. The topological polar surface area (TPSA) is 33.7 Å². The highest BCUT2D eigenvalue weighted by atomic mass is 16.7. The minimum absolute atomic E-state index is 0.126. The smallest absolute Gasteiger partial charge is 0.169 e. The molecule has 4 heteroatoms. The molecule has 0 aromatic carbocycles. The quantitative estimate of drug-likeness (QED) is 0.437. The highest BCUT2D eigenvalue weighted by Gasteiger charge is 2.03. The molecule has 0 atom stereocenters. The molecule has 0 radical (unpaired) electrons. The normalized spacial score (nSPS) is 11.6. The zero-order chi connectivity index (χ0) is 11.5. The molecule has 0 aromatic heterocycles. The number of methoxy groups -OCH3 is 2. The molecule has 0 amide bonds. The van der Waals surface area contributed by atoms with Crippen LogP contribution < -0.4 is 5.32 Å². The minimum atomic E-state index is -0.126. The lowest BCUT2D eigenvalue weighted by Gasteiger charge is -2.18. The predicted octanol–water partition coefficient (Wildman–Crippen LogP) is 0.927. The van der Waals surface area contributed by atoms with Gasteiger partial charge in [0, 0.05) is 20.8 Å². The Kier molecular flexibility index (Phi) is 10.3. The van der Waals surface area contributed by atoms with Crippen LogP contribution in [-0.4, -0.2) is 58.1 Å². The molecule has 0 spiro atoms. The highest BCUT2D eigenvalue weighted by Crippen LogP contribution is 1.91. The number of hydrogen-bond acceptors (Lipinski definition) is 4. The van der Waals surface area contributed by atoms with E-state index in [2.05, 4.69) is 24.1 Å². The van der Waals surface area contributed by atoms with Crippen molar-refractivity contribution in [2.45, 2.75) is 26.6 Å². The van der Waals surface area contributed by atoms with Gasteiger partial charge in [0.05, 0.1) is 0 Å². The third kappa shape index (κ3) is 7.73. The molecule has 0 saturated heterocycles. The Bertz CT molecular complexity index is 112. The Morgan fingerprint density at radius 2 is 1.73 bits per heavy atom. The van der Waals surface area contributed by atoms with E-state index in [9.17, 15) is 0 Å². The number of ether oxygens (including phenoxy) is 2. The van der Waals surface area contributed by atoms with E-state index in [1.807, 2.05) is 0 Å². The van der Waals surface area contributed by atoms with Crippen LogP contribution >= 0.6 is 0 Å². The second-order valence-electron chi connectivity index (χ2n) is 3.49. The van der Waals surface area contributed by atoms with Crippen LogP contribution in [0.4, 0.5) is 0 Å². The summed E-state index contributed by atoms with van der Waals surface area (Å²) in [6.45, 7) is 9.59. The van der Waals surface area contributed by atoms with Gasteiger partial charge in [0.2, 0.25) is 0 Å². The minimum Gasteiger partial charge on any atom is -0.355 e. The molecule has 0 fully saturated rings. The Hall–Kier alpha value is -0.160. The summed E-state index contributed by atoms with van der Waals surface area (Å²) in [5.74, 6) is 0. The monoisotopic (exact) mass is 218 g/mol. The fourth-order valence-electron chi connectivity index (χ4n) is 1.45. The van der Waals surface area contributed by atoms with Crippen LogP contribution in [0.1, 0.15) is 20.3 Å². The Morgan fingerprint density at radius 1 is 1.13 bits per heavy atom. The van der Waals surface area contributed by atoms with Crippen molar-refractivity contribution in [3.8, 4) is 0 Å². The summed E-state index contributed by atoms with van der Waals surface area (Å²) >= 11 is 0. The van der Waals surface area contributed by atoms with Gasteiger partial charge in [-0.15, -0.1) is 0 Å². The average Bonchev–Trinajstić information content (AvgIpc) is 2.29. The van der Waals surface area contributed by atoms with Gasteiger partial charge in [0.1, 0.15) is 0 Å². The maximum atomic E-state index is 5.07. The van der Waals surface area contributed by atoms with Crippen molar-refractivity contribution >= 4 is 0 Å². The summed E-state index contributed by atoms with van der Waals surface area (Å²) in [7, 11) is 3.32. The van der Waals surface area contributed by atoms with Gasteiger partial charge >= 0.3 is 0 Å². The lowest BCUT2D eigenvalue weighted by atomic mass is 10.3. The molecule has 0 bridgehead atoms. The maximum absolute atomic E-state index is 5.07. The van der Waals surface area contributed by atoms with Gasteiger partial charge in [-0.3, -0.25) is 0 Å². The van der Waals surface area contributed by atoms with Crippen molar-refractivity contribution in [2.75, 3.05) is 46.9 Å². The van der Waals surface area contributed by atoms with Gasteiger partial charge in [-0.1, -0.05) is 13.8 Å². The van der Waals surface area contributed by atoms with E-state index in [1.165, 1.54) is 6.42 Å². The van der Waals surface area contributed by atoms with Gasteiger partial charge in [-0.2, -0.15) is 0 Å². The standard InChI is InChI=1S/C11H26N2O2/c1-5-13(6-2)9-7-8-12-10-11(14-3)15-4/h11-12H,5-10H2,1-4H3. The van der Waals surface area contributed by atoms with E-state index in [-0.39, 0.29) is 6.29 Å². The molecule has 0 rings (SSSR count). The van der Waals surface area contributed by atoms with E-state index >= 15 is 0 Å². The molecule has 0 saturated carbocycles. The van der Waals surface area contributed by atoms with Crippen molar-refractivity contribution < 1.29 is 9.47 Å². The second-order valence-corrected chi connectivity index (χ2v) is 3.49. The van der Waals surface area contributed by atoms with Crippen LogP contribution in [0.2, 0.25) is 0 Å². The zero-order valence-electron chi connectivity index (χ0n) is 10.6. The van der Waals surface area contributed by atoms with E-state index in [0.29, 0.717) is 0 Å². The predicted molar refractivity (Wildman–Crippen MR) is 63.1 cm³/mol. The fourth-order valence-corrected chi connectivity index (χ4v) is 1.45. The zero-order valence-corrected chi connectivity index (χ0v) is 10.6. The number of nitrogens with one attached hydrogen (secondary N) is 1. The molecule has 0 aromatic rings. The van der Waals surface area contributed by atoms with Crippen LogP contribution in [0.25, 0.3) is 0 Å². The molecule has 0 aliphatic heterocycles. The van der Waals surface area contributed by atoms with Crippen molar-refractivity contribution in [3.63, 3.8) is 0 Å². The summed E-state index contributed by atoms with van der Waals surface area (Å²) in [5.41, 5.74) is 0. The van der Waals surface area contributed by atoms with Gasteiger partial charge in [-0.05, 0) is 32.6 Å². The van der Waals surface area contributed by atoms with Crippen LogP contribution in [0.3, 0.4) is 0 Å². The van der Waals surface area contributed by atoms with E-state index in [0.717, 1.165) is 32.7 Å². The molecule has 0 aliphatic rings. The first-order valence-corrected chi connectivity index (χ1v) is 5.77. The summed E-state index contributed by atoms with van der Waals surface area (Å²) in [5, 5.41) is 3.31. The first-order chi connectivity index (χ1) is 7.28. The van der Waals surface area contributed by atoms with Crippen molar-refractivity contribution in [1.29, 1.82) is 0 Å². The molecular weight excluding hydrogens is 192 g/mol. The van der Waals surface area contributed by atoms with Crippen molar-refractivity contribution in [1.82, 2.24) is 10.2 Å². The Morgan fingerprint density at radius 3 is 2.20 bits per heavy atom. The molecular formula is C11H26N2O2. The van der Waals surface area contributed by atoms with Gasteiger partial charge < -0.3 is 19.7 Å². The summed E-state index contributed by atoms with van der Waals surface area (Å²) < 4.78 is 10.1. The van der Waals surface area contributed by atoms with Gasteiger partial charge in [0.15, 0.2) is 6.29 Å². The van der Waals surface area contributed by atoms with Crippen molar-refractivity contribution in [3.05, 3.63) is 0 Å². The number of nitrogens with zero attached hydrogens (tertiary/aromatic N) is 1. The highest BCUT2D eigenvalue weighted by molar-refractivity contribution is 4.56. The lowest BCUT2D eigenvalue weighted by molar-refractivity contribution is -0.0986. The average molecular weight is 218 g/mol. The third-order valence-corrected chi connectivity index (χ3v) is 2.56. The summed E-state index contributed by atoms with van der Waals surface area (Å²) in [4.78, 5) is 2.42. The Labute approximate surface area is 93.9 Å². The number of hydrogen-bond donors (Lipinski definition) is 1. The van der Waals surface area contributed by atoms with Crippen LogP contribution in [0.5, 0.6) is 0 Å². The second kappa shape index (κ2) is 10.4. The van der Waals surface area contributed by atoms with E-state index < -0.39 is 0 Å². The van der Waals surface area contributed by atoms with E-state index in [1.54, 1.807) is 14.2 Å². The first-order valence-electron chi connectivity index (χ1n) is 5.77. The molecule has 0 aliphatic carbocycles. The van der Waals surface area contributed by atoms with E-state index in [4.69, 9.17) is 9.47 Å². The number of rotatable bonds is 10. The van der Waals surface area contributed by atoms with Crippen LogP contribution in [-0.2, 0) is 9.47 Å². The lowest BCUT2D eigenvalue weighted by Crippen LogP contribution is -2.32. The first kappa shape index (κ1) is 14.8. The molecule has 92 valence electrons. The fraction of sp³-hybridized carbons (Fsp3) is 1.00. The Balaban J connectivity index is 3.30. The molecule has 4 nitrogen and oxygen atoms in total. The van der Waals surface area contributed by atoms with Crippen molar-refractivity contribution in [2.24, 2.45) is 0 Å². The molecule has 0 heterocycles. The largest absolute Gasteiger partial charge is 0.355 e. The molecule has 1 N–H and O–H groups in total. The SMILES string of the molecule is CCN(CC)CCCNCC(OC)OC. The third-order valence-electron chi connectivity index (χ3n) is 2.56. The molecule has 0 unspecified atom stereocenters. The van der Waals surface area contributed by atoms with Gasteiger partial charge in [0.25, 0.3) is 0 Å². The van der Waals surface area contributed by atoms with Gasteiger partial charge in [-0.25, -0.2) is 0 Å². The van der Waals surface area contributed by atoms with Crippen LogP contribution in [0, 0.1) is 0 Å². The van der Waals surface area contributed by atoms with Crippen LogP contribution in [0.15, 0.2) is 0 Å².